The van der Waals surface area contributed by atoms with Crippen LogP contribution in [0.1, 0.15) is 33.1 Å². The number of rotatable bonds is 0. The molecule has 0 aromatic heterocycles. The molecular weight excluding hydrogens is 96.1 g/mol. The highest BCUT2D eigenvalue weighted by Gasteiger charge is 2.13. The maximum absolute atomic E-state index is 2.45. The molecule has 0 spiro atoms. The van der Waals surface area contributed by atoms with Gasteiger partial charge < -0.3 is 0 Å². The van der Waals surface area contributed by atoms with Crippen LogP contribution in [0.25, 0.3) is 0 Å². The Morgan fingerprint density at radius 2 is 2.00 bits per heavy atom. The van der Waals surface area contributed by atoms with E-state index >= 15 is 0 Å². The van der Waals surface area contributed by atoms with Crippen molar-refractivity contribution in [3.63, 3.8) is 0 Å². The fourth-order valence-corrected chi connectivity index (χ4v) is 1.25. The predicted molar refractivity (Wildman–Crippen MR) is 36.5 cm³/mol. The van der Waals surface area contributed by atoms with Crippen LogP contribution in [0, 0.1) is 18.3 Å². The zero-order chi connectivity index (χ0) is 5.98. The molecule has 0 aromatic carbocycles. The van der Waals surface area contributed by atoms with Crippen LogP contribution in [0.15, 0.2) is 0 Å². The summed E-state index contributed by atoms with van der Waals surface area (Å²) in [7, 11) is 0. The van der Waals surface area contributed by atoms with Crippen molar-refractivity contribution in [2.24, 2.45) is 11.8 Å². The van der Waals surface area contributed by atoms with E-state index in [9.17, 15) is 0 Å². The quantitative estimate of drug-likeness (QED) is 0.451. The average Bonchev–Trinajstić information content (AvgIpc) is 1.77. The molecule has 0 N–H and O–H groups in total. The molecule has 47 valence electrons. The van der Waals surface area contributed by atoms with E-state index in [4.69, 9.17) is 0 Å². The van der Waals surface area contributed by atoms with Crippen molar-refractivity contribution in [1.82, 2.24) is 0 Å². The number of hydrogen-bond acceptors (Lipinski definition) is 0. The van der Waals surface area contributed by atoms with Gasteiger partial charge in [0, 0.05) is 0 Å². The van der Waals surface area contributed by atoms with Crippen LogP contribution in [-0.2, 0) is 0 Å². The van der Waals surface area contributed by atoms with E-state index in [0.29, 0.717) is 0 Å². The minimum Gasteiger partial charge on any atom is -0.0625 e. The third kappa shape index (κ3) is 1.50. The van der Waals surface area contributed by atoms with Crippen molar-refractivity contribution in [1.29, 1.82) is 0 Å². The second-order valence-corrected chi connectivity index (χ2v) is 3.13. The molecule has 0 aliphatic heterocycles. The zero-order valence-corrected chi connectivity index (χ0v) is 5.85. The molecule has 0 amide bonds. The van der Waals surface area contributed by atoms with E-state index in [-0.39, 0.29) is 0 Å². The second-order valence-electron chi connectivity index (χ2n) is 3.13. The van der Waals surface area contributed by atoms with Crippen LogP contribution in [0.2, 0.25) is 0 Å². The smallest absolute Gasteiger partial charge is 0.0355 e. The van der Waals surface area contributed by atoms with Crippen LogP contribution in [-0.4, -0.2) is 0 Å². The first-order valence-electron chi connectivity index (χ1n) is 3.62. The first-order chi connectivity index (χ1) is 3.79. The zero-order valence-electron chi connectivity index (χ0n) is 5.85. The molecule has 1 rings (SSSR count). The Balaban J connectivity index is 2.19. The molecule has 1 fully saturated rings. The van der Waals surface area contributed by atoms with Crippen LogP contribution in [0.3, 0.4) is 0 Å². The van der Waals surface area contributed by atoms with Gasteiger partial charge in [0.2, 0.25) is 0 Å². The van der Waals surface area contributed by atoms with Gasteiger partial charge in [-0.3, -0.25) is 0 Å². The van der Waals surface area contributed by atoms with Gasteiger partial charge in [-0.05, 0) is 24.7 Å². The Bertz CT molecular complexity index is 48.4. The van der Waals surface area contributed by atoms with E-state index in [1.54, 1.807) is 0 Å². The van der Waals surface area contributed by atoms with Crippen molar-refractivity contribution in [2.45, 2.75) is 33.1 Å². The largest absolute Gasteiger partial charge is 0.0625 e. The molecule has 8 heavy (non-hydrogen) atoms. The Kier molecular flexibility index (Phi) is 1.93. The van der Waals surface area contributed by atoms with Crippen LogP contribution >= 0.6 is 0 Å². The van der Waals surface area contributed by atoms with E-state index in [1.165, 1.54) is 19.3 Å². The molecule has 0 aromatic rings. The lowest BCUT2D eigenvalue weighted by Crippen LogP contribution is -2.09. The highest BCUT2D eigenvalue weighted by molar-refractivity contribution is 4.80. The summed E-state index contributed by atoms with van der Waals surface area (Å²) in [5, 5.41) is 0. The number of hydrogen-bond donors (Lipinski definition) is 0. The first kappa shape index (κ1) is 6.12. The first-order valence-corrected chi connectivity index (χ1v) is 3.62. The van der Waals surface area contributed by atoms with E-state index in [1.807, 2.05) is 0 Å². The topological polar surface area (TPSA) is 0 Å². The third-order valence-electron chi connectivity index (χ3n) is 2.06. The van der Waals surface area contributed by atoms with Crippen molar-refractivity contribution in [2.75, 3.05) is 0 Å². The van der Waals surface area contributed by atoms with Gasteiger partial charge in [-0.2, -0.15) is 0 Å². The van der Waals surface area contributed by atoms with Crippen molar-refractivity contribution in [3.8, 4) is 0 Å². The van der Waals surface area contributed by atoms with Crippen LogP contribution in [0.4, 0.5) is 0 Å². The monoisotopic (exact) mass is 111 g/mol. The third-order valence-corrected chi connectivity index (χ3v) is 2.06. The molecule has 0 saturated heterocycles. The van der Waals surface area contributed by atoms with Gasteiger partial charge in [-0.1, -0.05) is 26.7 Å². The normalized spacial score (nSPS) is 39.8. The summed E-state index contributed by atoms with van der Waals surface area (Å²) in [5.74, 6) is 1.86. The fourth-order valence-electron chi connectivity index (χ4n) is 1.25. The molecule has 0 unspecified atom stereocenters. The molecule has 1 radical (unpaired) electrons. The summed E-state index contributed by atoms with van der Waals surface area (Å²) in [5.41, 5.74) is 0. The SMILES string of the molecule is C[C@H]1C[CH][C@H](C)CC1. The Labute approximate surface area is 52.3 Å². The van der Waals surface area contributed by atoms with Gasteiger partial charge in [-0.25, -0.2) is 0 Å². The summed E-state index contributed by atoms with van der Waals surface area (Å²) in [6, 6.07) is 0. The van der Waals surface area contributed by atoms with Gasteiger partial charge in [0.25, 0.3) is 0 Å². The highest BCUT2D eigenvalue weighted by atomic mass is 14.2. The second kappa shape index (κ2) is 2.52. The van der Waals surface area contributed by atoms with E-state index < -0.39 is 0 Å². The molecule has 1 saturated carbocycles. The maximum Gasteiger partial charge on any atom is -0.0355 e. The average molecular weight is 111 g/mol. The molecule has 0 heterocycles. The highest BCUT2D eigenvalue weighted by Crippen LogP contribution is 2.26. The van der Waals surface area contributed by atoms with Crippen LogP contribution < -0.4 is 0 Å². The van der Waals surface area contributed by atoms with Gasteiger partial charge in [0.1, 0.15) is 0 Å². The molecule has 0 nitrogen and oxygen atoms in total. The molecular formula is C8H15. The molecule has 1 aliphatic rings. The van der Waals surface area contributed by atoms with Crippen molar-refractivity contribution >= 4 is 0 Å². The van der Waals surface area contributed by atoms with Crippen LogP contribution in [0.5, 0.6) is 0 Å². The summed E-state index contributed by atoms with van der Waals surface area (Å²) in [6.07, 6.45) is 6.66. The minimum atomic E-state index is 0.895. The van der Waals surface area contributed by atoms with Crippen molar-refractivity contribution < 1.29 is 0 Å². The Morgan fingerprint density at radius 1 is 1.25 bits per heavy atom. The summed E-state index contributed by atoms with van der Waals surface area (Å²) in [6.45, 7) is 4.65. The lowest BCUT2D eigenvalue weighted by atomic mass is 9.84. The van der Waals surface area contributed by atoms with Gasteiger partial charge in [0.05, 0.1) is 0 Å². The molecule has 2 atom stereocenters. The maximum atomic E-state index is 2.45. The summed E-state index contributed by atoms with van der Waals surface area (Å²) in [4.78, 5) is 0. The van der Waals surface area contributed by atoms with Gasteiger partial charge in [0.15, 0.2) is 0 Å². The summed E-state index contributed by atoms with van der Waals surface area (Å²) < 4.78 is 0. The Morgan fingerprint density at radius 3 is 2.38 bits per heavy atom. The summed E-state index contributed by atoms with van der Waals surface area (Å²) >= 11 is 0. The molecule has 0 heteroatoms. The van der Waals surface area contributed by atoms with E-state index in [0.717, 1.165) is 11.8 Å². The van der Waals surface area contributed by atoms with E-state index in [2.05, 4.69) is 20.3 Å². The molecule has 1 aliphatic carbocycles. The molecule has 0 bridgehead atoms. The Hall–Kier alpha value is 0. The van der Waals surface area contributed by atoms with Gasteiger partial charge in [-0.15, -0.1) is 0 Å². The standard InChI is InChI=1S/C8H15/c1-7-3-5-8(2)6-4-7/h3,7-8H,4-6H2,1-2H3/t7-,8-/m0/s1. The predicted octanol–water partition coefficient (Wildman–Crippen LogP) is 2.65. The van der Waals surface area contributed by atoms with Gasteiger partial charge >= 0.3 is 0 Å². The minimum absolute atomic E-state index is 0.895. The fraction of sp³-hybridized carbons (Fsp3) is 0.875. The van der Waals surface area contributed by atoms with Crippen molar-refractivity contribution in [3.05, 3.63) is 6.42 Å². The lowest BCUT2D eigenvalue weighted by molar-refractivity contribution is 0.380. The lowest BCUT2D eigenvalue weighted by Gasteiger charge is -2.21.